The van der Waals surface area contributed by atoms with Crippen LogP contribution < -0.4 is 0 Å². The van der Waals surface area contributed by atoms with E-state index in [0.717, 1.165) is 38.9 Å². The number of fused-ring (bicyclic) bond motifs is 3. The Bertz CT molecular complexity index is 820. The second-order valence-corrected chi connectivity index (χ2v) is 7.19. The summed E-state index contributed by atoms with van der Waals surface area (Å²) in [6, 6.07) is 6.89. The zero-order chi connectivity index (χ0) is 17.8. The molecule has 0 spiro atoms. The smallest absolute Gasteiger partial charge is 0.0486 e. The predicted molar refractivity (Wildman–Crippen MR) is 109 cm³/mol. The van der Waals surface area contributed by atoms with E-state index < -0.39 is 0 Å². The average Bonchev–Trinajstić information content (AvgIpc) is 2.89. The van der Waals surface area contributed by atoms with Gasteiger partial charge in [0.25, 0.3) is 0 Å². The third kappa shape index (κ3) is 3.96. The van der Waals surface area contributed by atoms with Crippen molar-refractivity contribution in [3.05, 3.63) is 71.5 Å². The molecule has 0 aliphatic carbocycles. The molecule has 1 aliphatic rings. The summed E-state index contributed by atoms with van der Waals surface area (Å²) in [5.74, 6) is 0. The first-order valence-electron chi connectivity index (χ1n) is 9.40. The normalized spacial score (nSPS) is 15.5. The maximum atomic E-state index is 4.23. The standard InChI is InChI=1S/C23H30N2/c1-5-6-7-8-9-18(2)12-15-25-22-11-10-19(3)16-20(22)21-17-24(4)14-13-23(21)25/h6-11,16H,2,5,12-15,17H2,1,3-4H3/b7-6-,9-8-. The van der Waals surface area contributed by atoms with E-state index in [9.17, 15) is 0 Å². The Morgan fingerprint density at radius 1 is 1.28 bits per heavy atom. The largest absolute Gasteiger partial charge is 0.344 e. The van der Waals surface area contributed by atoms with Crippen LogP contribution in [0.15, 0.2) is 54.7 Å². The van der Waals surface area contributed by atoms with E-state index >= 15 is 0 Å². The van der Waals surface area contributed by atoms with Crippen molar-refractivity contribution in [1.29, 1.82) is 0 Å². The topological polar surface area (TPSA) is 8.17 Å². The van der Waals surface area contributed by atoms with Crippen LogP contribution in [-0.4, -0.2) is 23.1 Å². The number of aromatic nitrogens is 1. The molecule has 0 unspecified atom stereocenters. The molecular formula is C23H30N2. The van der Waals surface area contributed by atoms with Crippen LogP contribution in [0.4, 0.5) is 0 Å². The van der Waals surface area contributed by atoms with Crippen LogP contribution in [0.1, 0.15) is 36.6 Å². The van der Waals surface area contributed by atoms with Crippen molar-refractivity contribution in [2.24, 2.45) is 0 Å². The Hall–Kier alpha value is -2.06. The zero-order valence-electron chi connectivity index (χ0n) is 15.9. The fraction of sp³-hybridized carbons (Fsp3) is 0.391. The summed E-state index contributed by atoms with van der Waals surface area (Å²) in [6.45, 7) is 11.8. The van der Waals surface area contributed by atoms with Gasteiger partial charge >= 0.3 is 0 Å². The van der Waals surface area contributed by atoms with E-state index in [-0.39, 0.29) is 0 Å². The van der Waals surface area contributed by atoms with Gasteiger partial charge in [-0.25, -0.2) is 0 Å². The van der Waals surface area contributed by atoms with E-state index in [1.807, 2.05) is 0 Å². The lowest BCUT2D eigenvalue weighted by Crippen LogP contribution is -2.27. The lowest BCUT2D eigenvalue weighted by Gasteiger charge is -2.24. The Labute approximate surface area is 152 Å². The van der Waals surface area contributed by atoms with Crippen LogP contribution in [0.5, 0.6) is 0 Å². The van der Waals surface area contributed by atoms with Gasteiger partial charge in [-0.1, -0.05) is 55.0 Å². The molecule has 0 fully saturated rings. The summed E-state index contributed by atoms with van der Waals surface area (Å²) in [6.07, 6.45) is 11.7. The third-order valence-corrected chi connectivity index (χ3v) is 5.07. The molecule has 2 aromatic rings. The highest BCUT2D eigenvalue weighted by atomic mass is 15.1. The van der Waals surface area contributed by atoms with Crippen molar-refractivity contribution >= 4 is 10.9 Å². The molecule has 3 rings (SSSR count). The molecule has 2 heterocycles. The Balaban J connectivity index is 1.85. The third-order valence-electron chi connectivity index (χ3n) is 5.07. The highest BCUT2D eigenvalue weighted by Crippen LogP contribution is 2.31. The van der Waals surface area contributed by atoms with Crippen LogP contribution in [0.25, 0.3) is 10.9 Å². The van der Waals surface area contributed by atoms with Gasteiger partial charge in [0, 0.05) is 42.7 Å². The quantitative estimate of drug-likeness (QED) is 0.642. The molecule has 132 valence electrons. The summed E-state index contributed by atoms with van der Waals surface area (Å²) < 4.78 is 2.54. The number of hydrogen-bond acceptors (Lipinski definition) is 1. The average molecular weight is 335 g/mol. The van der Waals surface area contributed by atoms with Crippen molar-refractivity contribution in [3.63, 3.8) is 0 Å². The van der Waals surface area contributed by atoms with E-state index in [2.05, 4.69) is 79.4 Å². The second kappa shape index (κ2) is 7.88. The number of allylic oxidation sites excluding steroid dienone is 5. The summed E-state index contributed by atoms with van der Waals surface area (Å²) in [4.78, 5) is 2.43. The first kappa shape index (κ1) is 17.8. The number of hydrogen-bond donors (Lipinski definition) is 0. The Morgan fingerprint density at radius 2 is 2.12 bits per heavy atom. The minimum Gasteiger partial charge on any atom is -0.344 e. The highest BCUT2D eigenvalue weighted by molar-refractivity contribution is 5.86. The van der Waals surface area contributed by atoms with E-state index in [1.54, 1.807) is 0 Å². The number of rotatable bonds is 6. The number of benzene rings is 1. The van der Waals surface area contributed by atoms with Crippen LogP contribution >= 0.6 is 0 Å². The molecule has 2 nitrogen and oxygen atoms in total. The minimum absolute atomic E-state index is 0.996. The molecule has 0 N–H and O–H groups in total. The molecule has 0 radical (unpaired) electrons. The Morgan fingerprint density at radius 3 is 2.92 bits per heavy atom. The van der Waals surface area contributed by atoms with Gasteiger partial charge < -0.3 is 9.47 Å². The maximum Gasteiger partial charge on any atom is 0.0486 e. The monoisotopic (exact) mass is 334 g/mol. The molecule has 0 bridgehead atoms. The second-order valence-electron chi connectivity index (χ2n) is 7.19. The molecule has 1 aromatic heterocycles. The molecule has 2 heteroatoms. The molecule has 0 saturated heterocycles. The lowest BCUT2D eigenvalue weighted by atomic mass is 10.0. The van der Waals surface area contributed by atoms with Crippen LogP contribution in [0, 0.1) is 6.92 Å². The van der Waals surface area contributed by atoms with Gasteiger partial charge in [-0.2, -0.15) is 0 Å². The fourth-order valence-corrected chi connectivity index (χ4v) is 3.70. The molecule has 0 amide bonds. The van der Waals surface area contributed by atoms with Crippen molar-refractivity contribution in [1.82, 2.24) is 9.47 Å². The molecule has 0 atom stereocenters. The number of nitrogens with zero attached hydrogens (tertiary/aromatic N) is 2. The van der Waals surface area contributed by atoms with E-state index in [1.165, 1.54) is 33.3 Å². The van der Waals surface area contributed by atoms with Crippen molar-refractivity contribution in [2.75, 3.05) is 13.6 Å². The van der Waals surface area contributed by atoms with Gasteiger partial charge in [-0.3, -0.25) is 0 Å². The minimum atomic E-state index is 0.996. The van der Waals surface area contributed by atoms with Crippen molar-refractivity contribution < 1.29 is 0 Å². The van der Waals surface area contributed by atoms with Gasteiger partial charge in [-0.05, 0) is 44.5 Å². The van der Waals surface area contributed by atoms with Crippen LogP contribution in [-0.2, 0) is 19.5 Å². The maximum absolute atomic E-state index is 4.23. The SMILES string of the molecule is C=C(/C=C\C=C/CC)CCn1c2c(c3cc(C)ccc31)CN(C)CC2. The molecule has 25 heavy (non-hydrogen) atoms. The van der Waals surface area contributed by atoms with Gasteiger partial charge in [0.05, 0.1) is 0 Å². The van der Waals surface area contributed by atoms with Gasteiger partial charge in [0.15, 0.2) is 0 Å². The lowest BCUT2D eigenvalue weighted by molar-refractivity contribution is 0.309. The number of likely N-dealkylation sites (N-methyl/N-ethyl adjacent to an activating group) is 1. The predicted octanol–water partition coefficient (Wildman–Crippen LogP) is 5.41. The van der Waals surface area contributed by atoms with Crippen LogP contribution in [0.2, 0.25) is 0 Å². The van der Waals surface area contributed by atoms with Gasteiger partial charge in [-0.15, -0.1) is 0 Å². The van der Waals surface area contributed by atoms with Crippen molar-refractivity contribution in [3.8, 4) is 0 Å². The molecule has 0 saturated carbocycles. The Kier molecular flexibility index (Phi) is 5.60. The summed E-state index contributed by atoms with van der Waals surface area (Å²) in [5, 5.41) is 1.44. The first-order chi connectivity index (χ1) is 12.1. The highest BCUT2D eigenvalue weighted by Gasteiger charge is 2.22. The number of aryl methyl sites for hydroxylation is 2. The molecule has 1 aromatic carbocycles. The first-order valence-corrected chi connectivity index (χ1v) is 9.40. The molecule has 1 aliphatic heterocycles. The van der Waals surface area contributed by atoms with Crippen molar-refractivity contribution in [2.45, 2.75) is 46.2 Å². The molecular weight excluding hydrogens is 304 g/mol. The zero-order valence-corrected chi connectivity index (χ0v) is 15.9. The summed E-state index contributed by atoms with van der Waals surface area (Å²) in [5.41, 5.74) is 6.97. The van der Waals surface area contributed by atoms with Gasteiger partial charge in [0.1, 0.15) is 0 Å². The van der Waals surface area contributed by atoms with E-state index in [0.29, 0.717) is 0 Å². The van der Waals surface area contributed by atoms with E-state index in [4.69, 9.17) is 0 Å². The summed E-state index contributed by atoms with van der Waals surface area (Å²) >= 11 is 0. The summed E-state index contributed by atoms with van der Waals surface area (Å²) in [7, 11) is 2.22. The van der Waals surface area contributed by atoms with Gasteiger partial charge in [0.2, 0.25) is 0 Å². The van der Waals surface area contributed by atoms with Crippen LogP contribution in [0.3, 0.4) is 0 Å². The fourth-order valence-electron chi connectivity index (χ4n) is 3.70.